The molecule has 0 saturated heterocycles. The van der Waals surface area contributed by atoms with Gasteiger partial charge in [-0.2, -0.15) is 15.5 Å². The molecule has 0 spiro atoms. The predicted molar refractivity (Wildman–Crippen MR) is 123 cm³/mol. The number of non-ortho nitro benzene ring substituents is 1. The molecule has 0 amide bonds. The van der Waals surface area contributed by atoms with Crippen LogP contribution in [0.5, 0.6) is 0 Å². The number of carbonyl (C=O) groups is 1. The molecular formula is C24H21N5O4. The van der Waals surface area contributed by atoms with Gasteiger partial charge in [-0.05, 0) is 48.5 Å². The van der Waals surface area contributed by atoms with Crippen LogP contribution in [0.15, 0.2) is 89.1 Å². The summed E-state index contributed by atoms with van der Waals surface area (Å²) in [5.41, 5.74) is 2.44. The molecule has 9 nitrogen and oxygen atoms in total. The second-order valence-electron chi connectivity index (χ2n) is 6.89. The van der Waals surface area contributed by atoms with Crippen LogP contribution in [0.1, 0.15) is 16.8 Å². The Morgan fingerprint density at radius 3 is 2.12 bits per heavy atom. The van der Waals surface area contributed by atoms with Gasteiger partial charge in [-0.15, -0.1) is 0 Å². The fourth-order valence-corrected chi connectivity index (χ4v) is 2.95. The normalized spacial score (nSPS) is 10.5. The van der Waals surface area contributed by atoms with E-state index in [9.17, 15) is 14.9 Å². The SMILES string of the molecule is N#CCCN(CCOC(=O)c1ccccc1)c1ccc(/N=N/c2ccc([N+](=O)[O-])cc2)cc1. The van der Waals surface area contributed by atoms with E-state index in [4.69, 9.17) is 10.00 Å². The lowest BCUT2D eigenvalue weighted by molar-refractivity contribution is -0.384. The summed E-state index contributed by atoms with van der Waals surface area (Å²) in [4.78, 5) is 24.3. The number of nitro benzene ring substituents is 1. The van der Waals surface area contributed by atoms with E-state index in [0.29, 0.717) is 36.4 Å². The first kappa shape index (κ1) is 23.1. The molecular weight excluding hydrogens is 422 g/mol. The zero-order valence-electron chi connectivity index (χ0n) is 17.7. The second kappa shape index (κ2) is 11.7. The average Bonchev–Trinajstić information content (AvgIpc) is 2.86. The lowest BCUT2D eigenvalue weighted by Gasteiger charge is -2.23. The predicted octanol–water partition coefficient (Wildman–Crippen LogP) is 5.59. The topological polar surface area (TPSA) is 121 Å². The standard InChI is InChI=1S/C24H21N5O4/c25-15-4-16-28(17-18-33-24(30)19-5-2-1-3-6-19)22-11-7-20(8-12-22)26-27-21-9-13-23(14-10-21)29(31)32/h1-3,5-14H,4,16-18H2/b27-26+. The summed E-state index contributed by atoms with van der Waals surface area (Å²) in [6.07, 6.45) is 0.328. The van der Waals surface area contributed by atoms with Crippen LogP contribution in [0.4, 0.5) is 22.7 Å². The number of hydrogen-bond acceptors (Lipinski definition) is 8. The molecule has 0 unspecified atom stereocenters. The number of hydrogen-bond donors (Lipinski definition) is 0. The zero-order valence-corrected chi connectivity index (χ0v) is 17.7. The van der Waals surface area contributed by atoms with Gasteiger partial charge in [0.2, 0.25) is 0 Å². The maximum absolute atomic E-state index is 12.1. The van der Waals surface area contributed by atoms with Gasteiger partial charge in [0, 0.05) is 24.4 Å². The Kier molecular flexibility index (Phi) is 8.20. The van der Waals surface area contributed by atoms with Crippen LogP contribution in [0.2, 0.25) is 0 Å². The van der Waals surface area contributed by atoms with E-state index in [-0.39, 0.29) is 12.3 Å². The number of rotatable bonds is 10. The first-order valence-corrected chi connectivity index (χ1v) is 10.2. The minimum atomic E-state index is -0.472. The molecule has 0 bridgehead atoms. The summed E-state index contributed by atoms with van der Waals surface area (Å²) in [5.74, 6) is -0.391. The van der Waals surface area contributed by atoms with Crippen LogP contribution < -0.4 is 4.90 Å². The summed E-state index contributed by atoms with van der Waals surface area (Å²) in [6, 6.07) is 23.9. The largest absolute Gasteiger partial charge is 0.460 e. The van der Waals surface area contributed by atoms with Crippen LogP contribution in [-0.4, -0.2) is 30.6 Å². The van der Waals surface area contributed by atoms with Gasteiger partial charge in [-0.1, -0.05) is 18.2 Å². The van der Waals surface area contributed by atoms with Crippen molar-refractivity contribution in [3.05, 3.63) is 94.5 Å². The van der Waals surface area contributed by atoms with Crippen molar-refractivity contribution in [1.82, 2.24) is 0 Å². The Morgan fingerprint density at radius 1 is 0.939 bits per heavy atom. The maximum Gasteiger partial charge on any atom is 0.338 e. The van der Waals surface area contributed by atoms with Crippen LogP contribution in [0.3, 0.4) is 0 Å². The molecule has 0 heterocycles. The van der Waals surface area contributed by atoms with Gasteiger partial charge in [-0.3, -0.25) is 10.1 Å². The summed E-state index contributed by atoms with van der Waals surface area (Å²) in [7, 11) is 0. The third-order valence-electron chi connectivity index (χ3n) is 4.65. The molecule has 0 fully saturated rings. The number of nitro groups is 1. The quantitative estimate of drug-likeness (QED) is 0.174. The molecule has 166 valence electrons. The fourth-order valence-electron chi connectivity index (χ4n) is 2.95. The first-order valence-electron chi connectivity index (χ1n) is 10.2. The summed E-state index contributed by atoms with van der Waals surface area (Å²) in [6.45, 7) is 1.10. The number of azo groups is 1. The zero-order chi connectivity index (χ0) is 23.5. The third-order valence-corrected chi connectivity index (χ3v) is 4.65. The van der Waals surface area contributed by atoms with E-state index in [2.05, 4.69) is 16.3 Å². The molecule has 33 heavy (non-hydrogen) atoms. The monoisotopic (exact) mass is 443 g/mol. The Balaban J connectivity index is 1.60. The smallest absolute Gasteiger partial charge is 0.338 e. The lowest BCUT2D eigenvalue weighted by atomic mass is 10.2. The van der Waals surface area contributed by atoms with Gasteiger partial charge in [0.05, 0.1) is 40.9 Å². The molecule has 0 aliphatic heterocycles. The van der Waals surface area contributed by atoms with E-state index in [1.807, 2.05) is 23.1 Å². The van der Waals surface area contributed by atoms with Gasteiger partial charge in [0.1, 0.15) is 6.61 Å². The molecule has 0 radical (unpaired) electrons. The van der Waals surface area contributed by atoms with Gasteiger partial charge in [0.25, 0.3) is 5.69 Å². The Hall–Kier alpha value is -4.58. The Labute approximate surface area is 190 Å². The van der Waals surface area contributed by atoms with Crippen LogP contribution >= 0.6 is 0 Å². The van der Waals surface area contributed by atoms with Gasteiger partial charge < -0.3 is 9.64 Å². The number of nitrogens with zero attached hydrogens (tertiary/aromatic N) is 5. The van der Waals surface area contributed by atoms with Crippen LogP contribution in [0, 0.1) is 21.4 Å². The van der Waals surface area contributed by atoms with Crippen molar-refractivity contribution in [2.45, 2.75) is 6.42 Å². The Morgan fingerprint density at radius 2 is 1.55 bits per heavy atom. The van der Waals surface area contributed by atoms with Crippen molar-refractivity contribution in [3.63, 3.8) is 0 Å². The van der Waals surface area contributed by atoms with Gasteiger partial charge >= 0.3 is 5.97 Å². The molecule has 0 aliphatic carbocycles. The molecule has 0 saturated carbocycles. The molecule has 9 heteroatoms. The highest BCUT2D eigenvalue weighted by atomic mass is 16.6. The highest BCUT2D eigenvalue weighted by Gasteiger charge is 2.10. The molecule has 3 aromatic carbocycles. The summed E-state index contributed by atoms with van der Waals surface area (Å²) >= 11 is 0. The summed E-state index contributed by atoms with van der Waals surface area (Å²) < 4.78 is 5.36. The average molecular weight is 443 g/mol. The molecule has 3 rings (SSSR count). The Bertz CT molecular complexity index is 1140. The number of benzene rings is 3. The van der Waals surface area contributed by atoms with E-state index >= 15 is 0 Å². The van der Waals surface area contributed by atoms with Crippen molar-refractivity contribution in [3.8, 4) is 6.07 Å². The fraction of sp³-hybridized carbons (Fsp3) is 0.167. The van der Waals surface area contributed by atoms with E-state index in [1.165, 1.54) is 24.3 Å². The van der Waals surface area contributed by atoms with E-state index in [1.54, 1.807) is 36.4 Å². The third kappa shape index (κ3) is 6.97. The van der Waals surface area contributed by atoms with Gasteiger partial charge in [-0.25, -0.2) is 4.79 Å². The van der Waals surface area contributed by atoms with Crippen molar-refractivity contribution in [1.29, 1.82) is 5.26 Å². The number of nitriles is 1. The first-order chi connectivity index (χ1) is 16.1. The number of anilines is 1. The highest BCUT2D eigenvalue weighted by molar-refractivity contribution is 5.89. The molecule has 0 atom stereocenters. The molecule has 3 aromatic rings. The maximum atomic E-state index is 12.1. The molecule has 0 aliphatic rings. The molecule has 0 N–H and O–H groups in total. The molecule has 0 aromatic heterocycles. The van der Waals surface area contributed by atoms with Crippen molar-refractivity contribution in [2.24, 2.45) is 10.2 Å². The van der Waals surface area contributed by atoms with Crippen molar-refractivity contribution >= 4 is 28.7 Å². The van der Waals surface area contributed by atoms with Crippen molar-refractivity contribution in [2.75, 3.05) is 24.6 Å². The lowest BCUT2D eigenvalue weighted by Crippen LogP contribution is -2.29. The van der Waals surface area contributed by atoms with Crippen molar-refractivity contribution < 1.29 is 14.5 Å². The van der Waals surface area contributed by atoms with Crippen LogP contribution in [0.25, 0.3) is 0 Å². The highest BCUT2D eigenvalue weighted by Crippen LogP contribution is 2.24. The number of ether oxygens (including phenoxy) is 1. The van der Waals surface area contributed by atoms with E-state index in [0.717, 1.165) is 5.69 Å². The minimum Gasteiger partial charge on any atom is -0.460 e. The minimum absolute atomic E-state index is 0.00906. The number of carbonyl (C=O) groups excluding carboxylic acids is 1. The number of esters is 1. The summed E-state index contributed by atoms with van der Waals surface area (Å²) in [5, 5.41) is 27.9. The van der Waals surface area contributed by atoms with Gasteiger partial charge in [0.15, 0.2) is 0 Å². The van der Waals surface area contributed by atoms with Crippen LogP contribution in [-0.2, 0) is 4.74 Å². The second-order valence-corrected chi connectivity index (χ2v) is 6.89. The van der Waals surface area contributed by atoms with E-state index < -0.39 is 10.9 Å².